The molecule has 1 aromatic rings. The Labute approximate surface area is 96.1 Å². The molecular weight excluding hydrogens is 226 g/mol. The molecule has 0 saturated carbocycles. The van der Waals surface area contributed by atoms with Crippen LogP contribution in [0.1, 0.15) is 10.4 Å². The van der Waals surface area contributed by atoms with Crippen LogP contribution >= 0.6 is 0 Å². The second-order valence-corrected chi connectivity index (χ2v) is 5.31. The summed E-state index contributed by atoms with van der Waals surface area (Å²) < 4.78 is 11.2. The molecule has 0 bridgehead atoms. The van der Waals surface area contributed by atoms with E-state index in [1.54, 1.807) is 17.0 Å². The van der Waals surface area contributed by atoms with Gasteiger partial charge in [-0.1, -0.05) is 0 Å². The summed E-state index contributed by atoms with van der Waals surface area (Å²) in [4.78, 5) is 17.5. The number of hydrogen-bond acceptors (Lipinski definition) is 4. The first-order valence-electron chi connectivity index (χ1n) is 5.02. The third-order valence-corrected chi connectivity index (χ3v) is 3.77. The zero-order valence-corrected chi connectivity index (χ0v) is 9.57. The molecule has 5 nitrogen and oxygen atoms in total. The fourth-order valence-corrected chi connectivity index (χ4v) is 2.66. The monoisotopic (exact) mass is 239 g/mol. The van der Waals surface area contributed by atoms with Gasteiger partial charge < -0.3 is 10.6 Å². The van der Waals surface area contributed by atoms with Crippen molar-refractivity contribution in [2.45, 2.75) is 0 Å². The molecule has 0 radical (unpaired) electrons. The number of nitrogen functional groups attached to an aromatic ring is 1. The molecule has 1 aliphatic rings. The number of carbonyl (C=O) groups excluding carboxylic acids is 1. The zero-order chi connectivity index (χ0) is 11.5. The van der Waals surface area contributed by atoms with Gasteiger partial charge in [-0.25, -0.2) is 4.98 Å². The van der Waals surface area contributed by atoms with Gasteiger partial charge in [-0.15, -0.1) is 0 Å². The van der Waals surface area contributed by atoms with Crippen molar-refractivity contribution in [1.29, 1.82) is 0 Å². The minimum Gasteiger partial charge on any atom is -0.384 e. The molecule has 1 amide bonds. The van der Waals surface area contributed by atoms with Crippen LogP contribution in [0.15, 0.2) is 18.3 Å². The Morgan fingerprint density at radius 2 is 2.12 bits per heavy atom. The van der Waals surface area contributed by atoms with E-state index in [1.807, 2.05) is 0 Å². The van der Waals surface area contributed by atoms with E-state index >= 15 is 0 Å². The fraction of sp³-hybridized carbons (Fsp3) is 0.400. The standard InChI is InChI=1S/C10H13N3O2S/c11-9-7-8(1-2-12-9)10(14)13-3-5-16(15)6-4-13/h1-2,7H,3-6H2,(H2,11,12). The maximum Gasteiger partial charge on any atom is 0.254 e. The molecule has 6 heteroatoms. The van der Waals surface area contributed by atoms with Crippen molar-refractivity contribution in [2.24, 2.45) is 0 Å². The SMILES string of the molecule is Nc1cc(C(=O)N2CCS(=O)CC2)ccn1. The molecule has 1 fully saturated rings. The highest BCUT2D eigenvalue weighted by Crippen LogP contribution is 2.09. The number of carbonyl (C=O) groups is 1. The van der Waals surface area contributed by atoms with E-state index in [0.717, 1.165) is 0 Å². The molecule has 2 heterocycles. The van der Waals surface area contributed by atoms with Gasteiger partial charge in [0.05, 0.1) is 0 Å². The van der Waals surface area contributed by atoms with Crippen LogP contribution in [0, 0.1) is 0 Å². The van der Waals surface area contributed by atoms with Crippen molar-refractivity contribution in [3.05, 3.63) is 23.9 Å². The first kappa shape index (κ1) is 11.1. The van der Waals surface area contributed by atoms with E-state index < -0.39 is 10.8 Å². The van der Waals surface area contributed by atoms with Crippen molar-refractivity contribution in [1.82, 2.24) is 9.88 Å². The first-order valence-corrected chi connectivity index (χ1v) is 6.51. The van der Waals surface area contributed by atoms with Gasteiger partial charge in [-0.3, -0.25) is 9.00 Å². The zero-order valence-electron chi connectivity index (χ0n) is 8.76. The topological polar surface area (TPSA) is 76.3 Å². The number of hydrogen-bond donors (Lipinski definition) is 1. The van der Waals surface area contributed by atoms with Gasteiger partial charge in [0.1, 0.15) is 5.82 Å². The molecule has 0 aliphatic carbocycles. The van der Waals surface area contributed by atoms with Crippen LogP contribution in [-0.2, 0) is 10.8 Å². The van der Waals surface area contributed by atoms with Crippen molar-refractivity contribution in [3.8, 4) is 0 Å². The minimum atomic E-state index is -0.769. The van der Waals surface area contributed by atoms with Crippen LogP contribution in [0.2, 0.25) is 0 Å². The molecule has 16 heavy (non-hydrogen) atoms. The maximum absolute atomic E-state index is 12.0. The number of pyridine rings is 1. The number of aromatic nitrogens is 1. The Bertz CT molecular complexity index is 426. The minimum absolute atomic E-state index is 0.0641. The van der Waals surface area contributed by atoms with E-state index in [9.17, 15) is 9.00 Å². The van der Waals surface area contributed by atoms with Crippen LogP contribution in [0.4, 0.5) is 5.82 Å². The van der Waals surface area contributed by atoms with Crippen LogP contribution in [0.3, 0.4) is 0 Å². The van der Waals surface area contributed by atoms with Crippen molar-refractivity contribution in [3.63, 3.8) is 0 Å². The number of rotatable bonds is 1. The maximum atomic E-state index is 12.0. The smallest absolute Gasteiger partial charge is 0.254 e. The van der Waals surface area contributed by atoms with Crippen LogP contribution in [-0.4, -0.2) is 44.6 Å². The molecule has 0 unspecified atom stereocenters. The summed E-state index contributed by atoms with van der Waals surface area (Å²) >= 11 is 0. The molecule has 0 spiro atoms. The lowest BCUT2D eigenvalue weighted by atomic mass is 10.2. The van der Waals surface area contributed by atoms with Crippen LogP contribution < -0.4 is 5.73 Å². The second-order valence-electron chi connectivity index (χ2n) is 3.61. The Balaban J connectivity index is 2.10. The number of nitrogens with two attached hydrogens (primary N) is 1. The lowest BCUT2D eigenvalue weighted by molar-refractivity contribution is 0.0771. The Hall–Kier alpha value is -1.43. The summed E-state index contributed by atoms with van der Waals surface area (Å²) in [6, 6.07) is 3.21. The Morgan fingerprint density at radius 3 is 2.75 bits per heavy atom. The van der Waals surface area contributed by atoms with Crippen molar-refractivity contribution in [2.75, 3.05) is 30.3 Å². The van der Waals surface area contributed by atoms with Gasteiger partial charge in [0.25, 0.3) is 5.91 Å². The number of nitrogens with zero attached hydrogens (tertiary/aromatic N) is 2. The summed E-state index contributed by atoms with van der Waals surface area (Å²) in [5.74, 6) is 1.40. The molecule has 1 aromatic heterocycles. The molecule has 86 valence electrons. The summed E-state index contributed by atoms with van der Waals surface area (Å²) in [6.07, 6.45) is 1.52. The Morgan fingerprint density at radius 1 is 1.44 bits per heavy atom. The molecular formula is C10H13N3O2S. The van der Waals surface area contributed by atoms with E-state index in [1.165, 1.54) is 6.20 Å². The highest BCUT2D eigenvalue weighted by atomic mass is 32.2. The van der Waals surface area contributed by atoms with Crippen molar-refractivity contribution < 1.29 is 9.00 Å². The van der Waals surface area contributed by atoms with E-state index in [-0.39, 0.29) is 5.91 Å². The highest BCUT2D eigenvalue weighted by Gasteiger charge is 2.21. The van der Waals surface area contributed by atoms with E-state index in [4.69, 9.17) is 5.73 Å². The quantitative estimate of drug-likeness (QED) is 0.740. The van der Waals surface area contributed by atoms with E-state index in [2.05, 4.69) is 4.98 Å². The molecule has 2 N–H and O–H groups in total. The van der Waals surface area contributed by atoms with Gasteiger partial charge in [-0.2, -0.15) is 0 Å². The molecule has 0 aromatic carbocycles. The summed E-state index contributed by atoms with van der Waals surface area (Å²) in [5.41, 5.74) is 6.06. The fourth-order valence-electron chi connectivity index (χ4n) is 1.60. The predicted molar refractivity (Wildman–Crippen MR) is 62.4 cm³/mol. The molecule has 0 atom stereocenters. The average molecular weight is 239 g/mol. The van der Waals surface area contributed by atoms with Gasteiger partial charge in [0, 0.05) is 47.2 Å². The largest absolute Gasteiger partial charge is 0.384 e. The molecule has 2 rings (SSSR count). The number of amides is 1. The third-order valence-electron chi connectivity index (χ3n) is 2.49. The normalized spacial score (nSPS) is 17.4. The highest BCUT2D eigenvalue weighted by molar-refractivity contribution is 7.85. The lowest BCUT2D eigenvalue weighted by Gasteiger charge is -2.26. The molecule has 1 aliphatic heterocycles. The van der Waals surface area contributed by atoms with Gasteiger partial charge in [-0.05, 0) is 12.1 Å². The number of anilines is 1. The van der Waals surface area contributed by atoms with Crippen LogP contribution in [0.5, 0.6) is 0 Å². The van der Waals surface area contributed by atoms with E-state index in [0.29, 0.717) is 36.0 Å². The molecule has 1 saturated heterocycles. The van der Waals surface area contributed by atoms with Gasteiger partial charge >= 0.3 is 0 Å². The summed E-state index contributed by atoms with van der Waals surface area (Å²) in [7, 11) is -0.769. The van der Waals surface area contributed by atoms with Gasteiger partial charge in [0.2, 0.25) is 0 Å². The summed E-state index contributed by atoms with van der Waals surface area (Å²) in [6.45, 7) is 1.10. The predicted octanol–water partition coefficient (Wildman–Crippen LogP) is -0.132. The third kappa shape index (κ3) is 2.38. The average Bonchev–Trinajstić information content (AvgIpc) is 2.29. The first-order chi connectivity index (χ1) is 7.66. The Kier molecular flexibility index (Phi) is 3.19. The second kappa shape index (κ2) is 4.61. The summed E-state index contributed by atoms with van der Waals surface area (Å²) in [5, 5.41) is 0. The van der Waals surface area contributed by atoms with Crippen LogP contribution in [0.25, 0.3) is 0 Å². The van der Waals surface area contributed by atoms with Gasteiger partial charge in [0.15, 0.2) is 0 Å². The van der Waals surface area contributed by atoms with Crippen molar-refractivity contribution >= 4 is 22.5 Å². The lowest BCUT2D eigenvalue weighted by Crippen LogP contribution is -2.41.